The van der Waals surface area contributed by atoms with Gasteiger partial charge in [0.1, 0.15) is 12.7 Å². The zero-order valence-corrected chi connectivity index (χ0v) is 11.0. The average molecular weight is 319 g/mol. The lowest BCUT2D eigenvalue weighted by Crippen LogP contribution is -1.88. The van der Waals surface area contributed by atoms with Gasteiger partial charge in [-0.1, -0.05) is 45.2 Å². The summed E-state index contributed by atoms with van der Waals surface area (Å²) in [4.78, 5) is 3.81. The first kappa shape index (κ1) is 11.6. The van der Waals surface area contributed by atoms with Gasteiger partial charge in [0, 0.05) is 16.2 Å². The minimum absolute atomic E-state index is 0.503. The smallest absolute Gasteiger partial charge is 0.138 e. The summed E-state index contributed by atoms with van der Waals surface area (Å²) in [6.07, 6.45) is 4.63. The minimum Gasteiger partial charge on any atom is -0.227 e. The Hall–Kier alpha value is -0.840. The maximum atomic E-state index is 6.13. The number of halogens is 3. The number of aromatic nitrogens is 3. The third-order valence-corrected chi connectivity index (χ3v) is 2.98. The van der Waals surface area contributed by atoms with Gasteiger partial charge in [-0.2, -0.15) is 5.10 Å². The first-order valence-electron chi connectivity index (χ1n) is 4.33. The van der Waals surface area contributed by atoms with Gasteiger partial charge in [-0.15, -0.1) is 0 Å². The molecule has 6 heteroatoms. The van der Waals surface area contributed by atoms with E-state index < -0.39 is 0 Å². The molecule has 1 heterocycles. The Balaban J connectivity index is 2.37. The van der Waals surface area contributed by atoms with E-state index >= 15 is 0 Å². The number of hydrogen-bond donors (Lipinski definition) is 0. The van der Waals surface area contributed by atoms with Gasteiger partial charge in [-0.05, 0) is 12.1 Å². The van der Waals surface area contributed by atoms with Crippen molar-refractivity contribution in [1.29, 1.82) is 0 Å². The van der Waals surface area contributed by atoms with E-state index in [4.69, 9.17) is 23.2 Å². The molecule has 16 heavy (non-hydrogen) atoms. The molecule has 1 aromatic heterocycles. The van der Waals surface area contributed by atoms with Crippen LogP contribution in [0.3, 0.4) is 0 Å². The van der Waals surface area contributed by atoms with Crippen LogP contribution in [0.1, 0.15) is 5.56 Å². The highest BCUT2D eigenvalue weighted by Gasteiger charge is 2.05. The number of benzene rings is 1. The van der Waals surface area contributed by atoms with Crippen molar-refractivity contribution in [2.24, 2.45) is 0 Å². The van der Waals surface area contributed by atoms with E-state index in [9.17, 15) is 0 Å². The van der Waals surface area contributed by atoms with E-state index in [2.05, 4.69) is 26.0 Å². The molecular weight excluding hydrogens is 313 g/mol. The fourth-order valence-electron chi connectivity index (χ4n) is 1.15. The summed E-state index contributed by atoms with van der Waals surface area (Å²) in [5.41, 5.74) is 0.752. The Morgan fingerprint density at radius 3 is 2.88 bits per heavy atom. The van der Waals surface area contributed by atoms with Gasteiger partial charge in [-0.25, -0.2) is 9.67 Å². The molecule has 0 atom stereocenters. The summed E-state index contributed by atoms with van der Waals surface area (Å²) in [6, 6.07) is 5.50. The molecule has 0 spiro atoms. The fraction of sp³-hybridized carbons (Fsp3) is 0. The van der Waals surface area contributed by atoms with E-state index in [0.29, 0.717) is 10.1 Å². The maximum Gasteiger partial charge on any atom is 0.138 e. The lowest BCUT2D eigenvalue weighted by molar-refractivity contribution is 0.936. The van der Waals surface area contributed by atoms with E-state index in [-0.39, 0.29) is 0 Å². The molecule has 0 amide bonds. The first-order valence-corrected chi connectivity index (χ1v) is 5.88. The molecule has 0 aliphatic rings. The van der Waals surface area contributed by atoms with E-state index in [1.54, 1.807) is 18.6 Å². The van der Waals surface area contributed by atoms with Crippen molar-refractivity contribution < 1.29 is 0 Å². The third-order valence-electron chi connectivity index (χ3n) is 1.87. The van der Waals surface area contributed by atoms with Crippen LogP contribution in [0, 0.1) is 0 Å². The monoisotopic (exact) mass is 317 g/mol. The maximum absolute atomic E-state index is 6.13. The minimum atomic E-state index is 0.503. The molecule has 0 fully saturated rings. The van der Waals surface area contributed by atoms with Crippen LogP contribution in [0.4, 0.5) is 0 Å². The predicted molar refractivity (Wildman–Crippen MR) is 69.2 cm³/mol. The van der Waals surface area contributed by atoms with Gasteiger partial charge >= 0.3 is 0 Å². The van der Waals surface area contributed by atoms with Crippen molar-refractivity contribution in [2.45, 2.75) is 0 Å². The molecule has 82 valence electrons. The Kier molecular flexibility index (Phi) is 3.63. The Bertz CT molecular complexity index is 523. The van der Waals surface area contributed by atoms with Gasteiger partial charge < -0.3 is 0 Å². The molecule has 0 N–H and O–H groups in total. The normalized spacial score (nSPS) is 11.8. The van der Waals surface area contributed by atoms with Crippen LogP contribution in [-0.2, 0) is 0 Å². The fourth-order valence-corrected chi connectivity index (χ4v) is 2.24. The lowest BCUT2D eigenvalue weighted by Gasteiger charge is -2.03. The van der Waals surface area contributed by atoms with E-state index in [1.807, 2.05) is 12.1 Å². The van der Waals surface area contributed by atoms with Crippen LogP contribution in [0.15, 0.2) is 35.3 Å². The molecule has 0 aliphatic heterocycles. The van der Waals surface area contributed by atoms with Crippen molar-refractivity contribution in [1.82, 2.24) is 14.8 Å². The van der Waals surface area contributed by atoms with Gasteiger partial charge in [0.25, 0.3) is 0 Å². The molecule has 0 saturated heterocycles. The highest BCUT2D eigenvalue weighted by Crippen LogP contribution is 2.29. The summed E-state index contributed by atoms with van der Waals surface area (Å²) in [5.74, 6) is 0. The van der Waals surface area contributed by atoms with Gasteiger partial charge in [0.05, 0.1) is 10.1 Å². The highest BCUT2D eigenvalue weighted by molar-refractivity contribution is 9.10. The van der Waals surface area contributed by atoms with Gasteiger partial charge in [0.15, 0.2) is 0 Å². The van der Waals surface area contributed by atoms with Crippen LogP contribution < -0.4 is 0 Å². The number of nitrogens with zero attached hydrogens (tertiary/aromatic N) is 3. The zero-order valence-electron chi connectivity index (χ0n) is 7.94. The second-order valence-corrected chi connectivity index (χ2v) is 4.71. The van der Waals surface area contributed by atoms with Crippen molar-refractivity contribution >= 4 is 50.4 Å². The first-order chi connectivity index (χ1) is 7.66. The van der Waals surface area contributed by atoms with E-state index in [1.165, 1.54) is 11.0 Å². The van der Waals surface area contributed by atoms with Crippen LogP contribution >= 0.6 is 39.1 Å². The second kappa shape index (κ2) is 4.99. The highest BCUT2D eigenvalue weighted by atomic mass is 79.9. The molecule has 0 unspecified atom stereocenters. The quantitative estimate of drug-likeness (QED) is 0.841. The second-order valence-electron chi connectivity index (χ2n) is 2.98. The summed E-state index contributed by atoms with van der Waals surface area (Å²) >= 11 is 15.5. The van der Waals surface area contributed by atoms with Crippen molar-refractivity contribution in [2.75, 3.05) is 0 Å². The topological polar surface area (TPSA) is 30.7 Å². The molecule has 0 aliphatic carbocycles. The molecule has 2 aromatic rings. The largest absolute Gasteiger partial charge is 0.227 e. The van der Waals surface area contributed by atoms with Crippen LogP contribution in [-0.4, -0.2) is 14.8 Å². The number of rotatable bonds is 2. The van der Waals surface area contributed by atoms with Gasteiger partial charge in [-0.3, -0.25) is 0 Å². The molecule has 2 rings (SSSR count). The molecule has 1 aromatic carbocycles. The summed E-state index contributed by atoms with van der Waals surface area (Å²) < 4.78 is 2.42. The van der Waals surface area contributed by atoms with Crippen molar-refractivity contribution in [3.63, 3.8) is 0 Å². The Morgan fingerprint density at radius 1 is 1.44 bits per heavy atom. The molecule has 0 bridgehead atoms. The summed E-state index contributed by atoms with van der Waals surface area (Å²) in [7, 11) is 0. The van der Waals surface area contributed by atoms with Crippen LogP contribution in [0.5, 0.6) is 0 Å². The molecular formula is C10H6BrCl2N3. The summed E-state index contributed by atoms with van der Waals surface area (Å²) in [6.45, 7) is 0. The lowest BCUT2D eigenvalue weighted by atomic mass is 10.2. The van der Waals surface area contributed by atoms with Crippen LogP contribution in [0.2, 0.25) is 5.02 Å². The van der Waals surface area contributed by atoms with Crippen molar-refractivity contribution in [3.8, 4) is 0 Å². The average Bonchev–Trinajstić information content (AvgIpc) is 2.70. The van der Waals surface area contributed by atoms with Gasteiger partial charge in [0.2, 0.25) is 0 Å². The Labute approximate surface area is 111 Å². The Morgan fingerprint density at radius 2 is 2.25 bits per heavy atom. The third kappa shape index (κ3) is 2.64. The molecule has 0 saturated carbocycles. The zero-order chi connectivity index (χ0) is 11.5. The van der Waals surface area contributed by atoms with Crippen LogP contribution in [0.25, 0.3) is 11.2 Å². The summed E-state index contributed by atoms with van der Waals surface area (Å²) in [5, 5.41) is 5.00. The molecule has 3 nitrogen and oxygen atoms in total. The van der Waals surface area contributed by atoms with Crippen molar-refractivity contribution in [3.05, 3.63) is 45.9 Å². The SMILES string of the molecule is Cl/C(=C/n1cncn1)c1ccc(Br)cc1Cl. The predicted octanol–water partition coefficient (Wildman–Crippen LogP) is 3.89. The molecule has 0 radical (unpaired) electrons. The number of hydrogen-bond acceptors (Lipinski definition) is 2. The van der Waals surface area contributed by atoms with E-state index in [0.717, 1.165) is 10.0 Å². The standard InChI is InChI=1S/C10H6BrCl2N3/c11-7-1-2-8(9(12)3-7)10(13)4-16-6-14-5-15-16/h1-6H/b10-4+.